The summed E-state index contributed by atoms with van der Waals surface area (Å²) in [4.78, 5) is 32.3. The first kappa shape index (κ1) is 18.8. The molecule has 0 N–H and O–H groups in total. The number of aromatic nitrogens is 3. The Balaban J connectivity index is 1.33. The average molecular weight is 397 g/mol. The molecule has 1 aromatic carbocycles. The van der Waals surface area contributed by atoms with Crippen LogP contribution in [0, 0.1) is 0 Å². The highest BCUT2D eigenvalue weighted by molar-refractivity contribution is 7.18. The molecule has 0 unspecified atom stereocenters. The van der Waals surface area contributed by atoms with Crippen LogP contribution in [0.1, 0.15) is 18.0 Å². The summed E-state index contributed by atoms with van der Waals surface area (Å²) in [5, 5.41) is 0.975. The Hall–Kier alpha value is -2.58. The highest BCUT2D eigenvalue weighted by atomic mass is 32.1. The molecule has 7 nitrogen and oxygen atoms in total. The van der Waals surface area contributed by atoms with Gasteiger partial charge in [0, 0.05) is 45.6 Å². The first-order valence-electron chi connectivity index (χ1n) is 9.47. The Kier molecular flexibility index (Phi) is 5.50. The van der Waals surface area contributed by atoms with Gasteiger partial charge in [-0.2, -0.15) is 0 Å². The Morgan fingerprint density at radius 1 is 1.14 bits per heavy atom. The van der Waals surface area contributed by atoms with Crippen LogP contribution in [0.25, 0.3) is 10.2 Å². The summed E-state index contributed by atoms with van der Waals surface area (Å²) in [6.07, 6.45) is 3.52. The molecule has 2 aromatic heterocycles. The number of piperazine rings is 1. The number of para-hydroxylation sites is 1. The van der Waals surface area contributed by atoms with Crippen molar-refractivity contribution in [3.63, 3.8) is 0 Å². The van der Waals surface area contributed by atoms with E-state index in [0.29, 0.717) is 6.54 Å². The third kappa shape index (κ3) is 3.98. The van der Waals surface area contributed by atoms with Gasteiger partial charge in [0.2, 0.25) is 11.9 Å². The monoisotopic (exact) mass is 396 g/mol. The molecule has 1 fully saturated rings. The van der Waals surface area contributed by atoms with E-state index in [0.717, 1.165) is 47.4 Å². The fourth-order valence-corrected chi connectivity index (χ4v) is 4.38. The van der Waals surface area contributed by atoms with Crippen LogP contribution in [0.5, 0.6) is 0 Å². The molecule has 1 saturated heterocycles. The van der Waals surface area contributed by atoms with Crippen LogP contribution in [-0.2, 0) is 4.79 Å². The van der Waals surface area contributed by atoms with E-state index in [1.807, 2.05) is 43.1 Å². The van der Waals surface area contributed by atoms with E-state index >= 15 is 0 Å². The maximum atomic E-state index is 12.8. The van der Waals surface area contributed by atoms with Gasteiger partial charge in [-0.15, -0.1) is 11.3 Å². The van der Waals surface area contributed by atoms with Gasteiger partial charge in [0.15, 0.2) is 0 Å². The molecule has 4 rings (SSSR count). The number of carbonyl (C=O) groups excluding carboxylic acids is 1. The van der Waals surface area contributed by atoms with E-state index in [-0.39, 0.29) is 11.9 Å². The van der Waals surface area contributed by atoms with Gasteiger partial charge in [-0.25, -0.2) is 15.0 Å². The molecule has 8 heteroatoms. The average Bonchev–Trinajstić information content (AvgIpc) is 3.18. The number of nitrogens with zero attached hydrogens (tertiary/aromatic N) is 6. The molecule has 1 aliphatic rings. The van der Waals surface area contributed by atoms with E-state index < -0.39 is 0 Å². The first-order valence-corrected chi connectivity index (χ1v) is 10.3. The normalized spacial score (nSPS) is 16.3. The van der Waals surface area contributed by atoms with E-state index in [1.165, 1.54) is 0 Å². The molecule has 3 heterocycles. The summed E-state index contributed by atoms with van der Waals surface area (Å²) in [6, 6.07) is 9.88. The summed E-state index contributed by atoms with van der Waals surface area (Å²) in [5.41, 5.74) is 0.995. The molecule has 146 valence electrons. The van der Waals surface area contributed by atoms with Gasteiger partial charge in [0.05, 0.1) is 22.8 Å². The van der Waals surface area contributed by atoms with E-state index in [1.54, 1.807) is 23.7 Å². The maximum Gasteiger partial charge on any atom is 0.237 e. The molecular formula is C20H24N6OS. The molecular weight excluding hydrogens is 372 g/mol. The van der Waals surface area contributed by atoms with Gasteiger partial charge in [-0.3, -0.25) is 9.69 Å². The smallest absolute Gasteiger partial charge is 0.237 e. The van der Waals surface area contributed by atoms with Crippen molar-refractivity contribution >= 4 is 33.4 Å². The van der Waals surface area contributed by atoms with Crippen molar-refractivity contribution in [2.45, 2.75) is 13.0 Å². The molecule has 3 aromatic rings. The number of rotatable bonds is 5. The van der Waals surface area contributed by atoms with Crippen LogP contribution in [-0.4, -0.2) is 70.4 Å². The number of anilines is 1. The minimum Gasteiger partial charge on any atom is -0.338 e. The van der Waals surface area contributed by atoms with Crippen LogP contribution >= 0.6 is 11.3 Å². The summed E-state index contributed by atoms with van der Waals surface area (Å²) in [6.45, 7) is 5.78. The van der Waals surface area contributed by atoms with Crippen LogP contribution in [0.4, 0.5) is 5.95 Å². The van der Waals surface area contributed by atoms with Crippen LogP contribution in [0.3, 0.4) is 0 Å². The number of hydrogen-bond donors (Lipinski definition) is 0. The molecule has 0 radical (unpaired) electrons. The number of thiazole rings is 1. The lowest BCUT2D eigenvalue weighted by molar-refractivity contribution is -0.133. The van der Waals surface area contributed by atoms with Crippen molar-refractivity contribution in [3.8, 4) is 0 Å². The van der Waals surface area contributed by atoms with Gasteiger partial charge < -0.3 is 9.80 Å². The van der Waals surface area contributed by atoms with E-state index in [2.05, 4.69) is 25.8 Å². The summed E-state index contributed by atoms with van der Waals surface area (Å²) >= 11 is 1.66. The summed E-state index contributed by atoms with van der Waals surface area (Å²) in [5.74, 6) is 0.881. The quantitative estimate of drug-likeness (QED) is 0.660. The maximum absolute atomic E-state index is 12.8. The van der Waals surface area contributed by atoms with Gasteiger partial charge in [0.25, 0.3) is 0 Å². The minimum atomic E-state index is -0.0380. The van der Waals surface area contributed by atoms with Gasteiger partial charge in [0.1, 0.15) is 5.01 Å². The van der Waals surface area contributed by atoms with Crippen molar-refractivity contribution < 1.29 is 4.79 Å². The molecule has 1 atom stereocenters. The third-order valence-corrected chi connectivity index (χ3v) is 6.41. The van der Waals surface area contributed by atoms with Crippen molar-refractivity contribution in [3.05, 3.63) is 47.7 Å². The highest BCUT2D eigenvalue weighted by Gasteiger charge is 2.25. The standard InChI is InChI=1S/C20H24N6OS/c1-15(19-23-16-6-3-4-7-17(16)28-19)24(2)18(27)14-25-10-12-26(13-11-25)20-21-8-5-9-22-20/h3-9,15H,10-14H2,1-2H3/t15-/m0/s1. The fourth-order valence-electron chi connectivity index (χ4n) is 3.31. The number of fused-ring (bicyclic) bond motifs is 1. The number of likely N-dealkylation sites (N-methyl/N-ethyl adjacent to an activating group) is 1. The molecule has 0 aliphatic carbocycles. The molecule has 1 amide bonds. The number of hydrogen-bond acceptors (Lipinski definition) is 7. The zero-order valence-electron chi connectivity index (χ0n) is 16.2. The molecule has 0 saturated carbocycles. The molecule has 0 spiro atoms. The Morgan fingerprint density at radius 3 is 2.57 bits per heavy atom. The largest absolute Gasteiger partial charge is 0.338 e. The van der Waals surface area contributed by atoms with Gasteiger partial charge in [-0.05, 0) is 25.1 Å². The van der Waals surface area contributed by atoms with Crippen LogP contribution < -0.4 is 4.90 Å². The van der Waals surface area contributed by atoms with E-state index in [4.69, 9.17) is 4.98 Å². The van der Waals surface area contributed by atoms with E-state index in [9.17, 15) is 4.79 Å². The Labute approximate surface area is 168 Å². The van der Waals surface area contributed by atoms with Crippen LogP contribution in [0.15, 0.2) is 42.7 Å². The second kappa shape index (κ2) is 8.20. The first-order chi connectivity index (χ1) is 13.6. The SMILES string of the molecule is C[C@@H](c1nc2ccccc2s1)N(C)C(=O)CN1CCN(c2ncccn2)CC1. The molecule has 0 bridgehead atoms. The topological polar surface area (TPSA) is 65.5 Å². The lowest BCUT2D eigenvalue weighted by atomic mass is 10.2. The minimum absolute atomic E-state index is 0.0380. The summed E-state index contributed by atoms with van der Waals surface area (Å²) in [7, 11) is 1.87. The summed E-state index contributed by atoms with van der Waals surface area (Å²) < 4.78 is 1.16. The molecule has 28 heavy (non-hydrogen) atoms. The fraction of sp³-hybridized carbons (Fsp3) is 0.400. The number of amides is 1. The lowest BCUT2D eigenvalue weighted by Crippen LogP contribution is -2.50. The second-order valence-electron chi connectivity index (χ2n) is 7.01. The van der Waals surface area contributed by atoms with Crippen molar-refractivity contribution in [1.82, 2.24) is 24.8 Å². The third-order valence-electron chi connectivity index (χ3n) is 5.21. The van der Waals surface area contributed by atoms with Crippen LogP contribution in [0.2, 0.25) is 0 Å². The second-order valence-corrected chi connectivity index (χ2v) is 8.07. The number of benzene rings is 1. The lowest BCUT2D eigenvalue weighted by Gasteiger charge is -2.35. The van der Waals surface area contributed by atoms with Crippen molar-refractivity contribution in [2.24, 2.45) is 0 Å². The zero-order valence-corrected chi connectivity index (χ0v) is 17.0. The Morgan fingerprint density at radius 2 is 1.86 bits per heavy atom. The van der Waals surface area contributed by atoms with Gasteiger partial charge >= 0.3 is 0 Å². The number of carbonyl (C=O) groups is 1. The zero-order chi connectivity index (χ0) is 19.5. The predicted molar refractivity (Wildman–Crippen MR) is 111 cm³/mol. The van der Waals surface area contributed by atoms with Crippen molar-refractivity contribution in [2.75, 3.05) is 44.7 Å². The highest BCUT2D eigenvalue weighted by Crippen LogP contribution is 2.28. The van der Waals surface area contributed by atoms with Gasteiger partial charge in [-0.1, -0.05) is 12.1 Å². The predicted octanol–water partition coefficient (Wildman–Crippen LogP) is 2.43. The Bertz CT molecular complexity index is 905. The van der Waals surface area contributed by atoms with Crippen molar-refractivity contribution in [1.29, 1.82) is 0 Å². The molecule has 1 aliphatic heterocycles.